The molecule has 1 aliphatic heterocycles. The van der Waals surface area contributed by atoms with Gasteiger partial charge in [-0.25, -0.2) is 22.6 Å². The Morgan fingerprint density at radius 3 is 2.41 bits per heavy atom. The first-order valence-corrected chi connectivity index (χ1v) is 17.8. The molecule has 5 rings (SSSR count). The van der Waals surface area contributed by atoms with E-state index in [4.69, 9.17) is 9.47 Å². The van der Waals surface area contributed by atoms with Gasteiger partial charge in [0.1, 0.15) is 35.1 Å². The van der Waals surface area contributed by atoms with Crippen LogP contribution in [0.15, 0.2) is 43.1 Å². The lowest BCUT2D eigenvalue weighted by atomic mass is 9.85. The van der Waals surface area contributed by atoms with E-state index in [0.29, 0.717) is 23.6 Å². The Labute approximate surface area is 285 Å². The largest absolute Gasteiger partial charge is 0.472 e. The van der Waals surface area contributed by atoms with E-state index in [1.54, 1.807) is 47.6 Å². The zero-order chi connectivity index (χ0) is 36.1. The predicted octanol–water partition coefficient (Wildman–Crippen LogP) is 3.33. The summed E-state index contributed by atoms with van der Waals surface area (Å²) in [5.74, 6) is -2.98. The van der Waals surface area contributed by atoms with Gasteiger partial charge in [0.15, 0.2) is 0 Å². The topological polar surface area (TPSA) is 173 Å². The molecular formula is C34H44FN5O8S. The van der Waals surface area contributed by atoms with E-state index in [9.17, 15) is 32.0 Å². The lowest BCUT2D eigenvalue weighted by molar-refractivity contribution is -0.143. The molecular weight excluding hydrogens is 657 g/mol. The van der Waals surface area contributed by atoms with E-state index < -0.39 is 85.6 Å². The van der Waals surface area contributed by atoms with E-state index in [0.717, 1.165) is 0 Å². The van der Waals surface area contributed by atoms with E-state index in [2.05, 4.69) is 26.9 Å². The number of benzene rings is 1. The molecule has 0 unspecified atom stereocenters. The summed E-state index contributed by atoms with van der Waals surface area (Å²) < 4.78 is 53.0. The molecule has 3 fully saturated rings. The minimum absolute atomic E-state index is 0.0308. The summed E-state index contributed by atoms with van der Waals surface area (Å²) in [7, 11) is -3.91. The molecule has 3 aliphatic rings. The first-order valence-electron chi connectivity index (χ1n) is 16.3. The lowest BCUT2D eigenvalue weighted by Gasteiger charge is -2.36. The minimum atomic E-state index is -3.91. The van der Waals surface area contributed by atoms with Gasteiger partial charge in [-0.15, -0.1) is 6.58 Å². The average molecular weight is 702 g/mol. The van der Waals surface area contributed by atoms with Crippen molar-refractivity contribution in [3.63, 3.8) is 0 Å². The van der Waals surface area contributed by atoms with Crippen LogP contribution in [0.1, 0.15) is 67.2 Å². The monoisotopic (exact) mass is 701 g/mol. The van der Waals surface area contributed by atoms with Crippen LogP contribution in [0.25, 0.3) is 10.8 Å². The van der Waals surface area contributed by atoms with Crippen molar-refractivity contribution in [1.82, 2.24) is 25.2 Å². The van der Waals surface area contributed by atoms with Crippen LogP contribution in [0.5, 0.6) is 5.88 Å². The number of alkyl carbamates (subject to hydrolysis) is 1. The van der Waals surface area contributed by atoms with Crippen LogP contribution in [-0.2, 0) is 29.1 Å². The second-order valence-electron chi connectivity index (χ2n) is 15.1. The molecule has 2 aliphatic carbocycles. The number of aromatic nitrogens is 1. The number of rotatable bonds is 10. The molecule has 2 heterocycles. The number of hydrogen-bond acceptors (Lipinski definition) is 9. The van der Waals surface area contributed by atoms with Gasteiger partial charge in [-0.2, -0.15) is 0 Å². The molecule has 1 saturated heterocycles. The fraction of sp³-hybridized carbons (Fsp3) is 0.559. The van der Waals surface area contributed by atoms with Crippen molar-refractivity contribution >= 4 is 44.6 Å². The second-order valence-corrected chi connectivity index (χ2v) is 17.1. The maximum absolute atomic E-state index is 14.3. The first kappa shape index (κ1) is 36.0. The van der Waals surface area contributed by atoms with Gasteiger partial charge >= 0.3 is 6.09 Å². The van der Waals surface area contributed by atoms with Crippen molar-refractivity contribution in [3.8, 4) is 5.88 Å². The van der Waals surface area contributed by atoms with Crippen LogP contribution < -0.4 is 20.1 Å². The standard InChI is InChI=1S/C34H44FN5O8S/c1-8-20-17-34(20,30(43)39-49(45,46)23-10-11-23)38-27(41)25-16-22(47-28-24-12-9-21(35)15-19(24)13-14-36-28)18-40(25)29(42)26(32(2,3)4)37-31(44)48-33(5,6)7/h8-9,12-15,20,22-23,25-26H,1,10-11,16-18H2,2-7H3,(H,37,44)(H,38,41)(H,39,43)/t20-,22-,25+,26-,34-/m1/s1. The number of carbonyl (C=O) groups excluding carboxylic acids is 4. The summed E-state index contributed by atoms with van der Waals surface area (Å²) in [5.41, 5.74) is -3.25. The molecule has 0 spiro atoms. The zero-order valence-corrected chi connectivity index (χ0v) is 29.4. The molecule has 4 amide bonds. The molecule has 0 radical (unpaired) electrons. The lowest BCUT2D eigenvalue weighted by Crippen LogP contribution is -2.60. The summed E-state index contributed by atoms with van der Waals surface area (Å²) in [5, 5.41) is 5.81. The smallest absolute Gasteiger partial charge is 0.408 e. The minimum Gasteiger partial charge on any atom is -0.472 e. The highest BCUT2D eigenvalue weighted by atomic mass is 32.2. The van der Waals surface area contributed by atoms with E-state index >= 15 is 0 Å². The van der Waals surface area contributed by atoms with Crippen LogP contribution in [0.2, 0.25) is 0 Å². The third-order valence-corrected chi connectivity index (χ3v) is 10.7. The number of carbonyl (C=O) groups is 4. The second kappa shape index (κ2) is 12.9. The van der Waals surface area contributed by atoms with Crippen LogP contribution >= 0.6 is 0 Å². The van der Waals surface area contributed by atoms with Crippen molar-refractivity contribution in [2.24, 2.45) is 11.3 Å². The molecule has 3 N–H and O–H groups in total. The Hall–Kier alpha value is -4.27. The number of amides is 4. The van der Waals surface area contributed by atoms with Crippen molar-refractivity contribution in [1.29, 1.82) is 0 Å². The Balaban J connectivity index is 1.44. The Kier molecular flexibility index (Phi) is 9.47. The fourth-order valence-corrected chi connectivity index (χ4v) is 7.37. The van der Waals surface area contributed by atoms with Crippen LogP contribution in [0, 0.1) is 17.2 Å². The van der Waals surface area contributed by atoms with Crippen LogP contribution in [0.3, 0.4) is 0 Å². The zero-order valence-electron chi connectivity index (χ0n) is 28.5. The van der Waals surface area contributed by atoms with E-state index in [1.165, 1.54) is 35.4 Å². The van der Waals surface area contributed by atoms with Crippen molar-refractivity contribution < 1.29 is 41.5 Å². The number of ether oxygens (including phenoxy) is 2. The molecule has 1 aromatic heterocycles. The normalized spacial score (nSPS) is 24.5. The molecule has 13 nitrogen and oxygen atoms in total. The number of likely N-dealkylation sites (tertiary alicyclic amines) is 1. The quantitative estimate of drug-likeness (QED) is 0.314. The number of pyridine rings is 1. The van der Waals surface area contributed by atoms with Gasteiger partial charge in [0.05, 0.1) is 11.8 Å². The summed E-state index contributed by atoms with van der Waals surface area (Å²) in [6.07, 6.45) is 2.32. The van der Waals surface area contributed by atoms with Crippen molar-refractivity contribution in [2.75, 3.05) is 6.54 Å². The molecule has 49 heavy (non-hydrogen) atoms. The molecule has 0 bridgehead atoms. The average Bonchev–Trinajstić information content (AvgIpc) is 3.91. The number of nitrogens with zero attached hydrogens (tertiary/aromatic N) is 2. The van der Waals surface area contributed by atoms with Gasteiger partial charge in [-0.3, -0.25) is 19.1 Å². The first-order chi connectivity index (χ1) is 22.7. The van der Waals surface area contributed by atoms with E-state index in [1.807, 2.05) is 0 Å². The molecule has 1 aromatic carbocycles. The number of halogens is 1. The van der Waals surface area contributed by atoms with Gasteiger partial charge in [-0.05, 0) is 75.1 Å². The third kappa shape index (κ3) is 7.97. The summed E-state index contributed by atoms with van der Waals surface area (Å²) in [4.78, 5) is 60.3. The van der Waals surface area contributed by atoms with Crippen LogP contribution in [0.4, 0.5) is 9.18 Å². The number of fused-ring (bicyclic) bond motifs is 1. The molecule has 2 saturated carbocycles. The number of sulfonamides is 1. The molecule has 15 heteroatoms. The van der Waals surface area contributed by atoms with Crippen molar-refractivity contribution in [2.45, 2.75) is 102 Å². The van der Waals surface area contributed by atoms with Gasteiger partial charge < -0.3 is 25.0 Å². The summed E-state index contributed by atoms with van der Waals surface area (Å²) in [6, 6.07) is 3.43. The SMILES string of the molecule is C=C[C@@H]1C[C@]1(NC(=O)[C@@H]1C[C@@H](Oc2nccc3cc(F)ccc23)CN1C(=O)[C@@H](NC(=O)OC(C)(C)C)C(C)(C)C)C(=O)NS(=O)(=O)C1CC1. The van der Waals surface area contributed by atoms with Gasteiger partial charge in [-0.1, -0.05) is 26.8 Å². The molecule has 266 valence electrons. The highest BCUT2D eigenvalue weighted by Gasteiger charge is 2.62. The van der Waals surface area contributed by atoms with Crippen LogP contribution in [-0.4, -0.2) is 83.2 Å². The number of hydrogen-bond donors (Lipinski definition) is 3. The van der Waals surface area contributed by atoms with Crippen molar-refractivity contribution in [3.05, 3.63) is 48.9 Å². The molecule has 5 atom stereocenters. The van der Waals surface area contributed by atoms with Gasteiger partial charge in [0.2, 0.25) is 27.7 Å². The predicted molar refractivity (Wildman–Crippen MR) is 178 cm³/mol. The number of nitrogens with one attached hydrogen (secondary N) is 3. The Morgan fingerprint density at radius 1 is 1.12 bits per heavy atom. The maximum Gasteiger partial charge on any atom is 0.408 e. The highest BCUT2D eigenvalue weighted by molar-refractivity contribution is 7.91. The molecule has 2 aromatic rings. The Bertz CT molecular complexity index is 1780. The van der Waals surface area contributed by atoms with Gasteiger partial charge in [0.25, 0.3) is 5.91 Å². The third-order valence-electron chi connectivity index (χ3n) is 8.84. The Morgan fingerprint density at radius 2 is 1.82 bits per heavy atom. The van der Waals surface area contributed by atoms with E-state index in [-0.39, 0.29) is 25.3 Å². The fourth-order valence-electron chi connectivity index (χ4n) is 6.01. The van der Waals surface area contributed by atoms with Gasteiger partial charge in [0, 0.05) is 23.9 Å². The maximum atomic E-state index is 14.3. The summed E-state index contributed by atoms with van der Waals surface area (Å²) >= 11 is 0. The highest BCUT2D eigenvalue weighted by Crippen LogP contribution is 2.45. The summed E-state index contributed by atoms with van der Waals surface area (Å²) in [6.45, 7) is 14.0.